The van der Waals surface area contributed by atoms with Gasteiger partial charge in [0.25, 0.3) is 5.56 Å². The number of benzene rings is 2. The van der Waals surface area contributed by atoms with Crippen LogP contribution in [0.5, 0.6) is 11.5 Å². The first kappa shape index (κ1) is 28.4. The maximum atomic E-state index is 13.2. The van der Waals surface area contributed by atoms with Gasteiger partial charge in [0.1, 0.15) is 10.4 Å². The molecular formula is C30H33N5O5S. The van der Waals surface area contributed by atoms with Crippen LogP contribution in [-0.2, 0) is 25.3 Å². The van der Waals surface area contributed by atoms with Gasteiger partial charge in [-0.25, -0.2) is 14.8 Å². The van der Waals surface area contributed by atoms with Crippen molar-refractivity contribution in [2.45, 2.75) is 24.3 Å². The number of aromatic nitrogens is 4. The maximum absolute atomic E-state index is 13.2. The number of fused-ring (bicyclic) bond motifs is 1. The largest absolute Gasteiger partial charge is 0.493 e. The van der Waals surface area contributed by atoms with Gasteiger partial charge in [0.15, 0.2) is 23.0 Å². The van der Waals surface area contributed by atoms with Crippen molar-refractivity contribution in [1.82, 2.24) is 24.0 Å². The number of thioether (sulfide) groups is 1. The minimum atomic E-state index is -0.501. The highest BCUT2D eigenvalue weighted by atomic mass is 32.2. The normalized spacial score (nSPS) is 13.9. The zero-order chi connectivity index (χ0) is 29.1. The van der Waals surface area contributed by atoms with E-state index in [9.17, 15) is 14.4 Å². The van der Waals surface area contributed by atoms with Crippen LogP contribution in [0.2, 0.25) is 0 Å². The fourth-order valence-corrected chi connectivity index (χ4v) is 6.11. The number of piperidine rings is 1. The topological polar surface area (TPSA) is 109 Å². The van der Waals surface area contributed by atoms with Gasteiger partial charge in [0.2, 0.25) is 5.91 Å². The Morgan fingerprint density at radius 3 is 2.34 bits per heavy atom. The second-order valence-corrected chi connectivity index (χ2v) is 11.1. The van der Waals surface area contributed by atoms with E-state index < -0.39 is 11.2 Å². The number of hydrogen-bond acceptors (Lipinski definition) is 8. The molecule has 0 bridgehead atoms. The van der Waals surface area contributed by atoms with E-state index in [1.165, 1.54) is 36.0 Å². The molecule has 1 aliphatic heterocycles. The molecule has 1 fully saturated rings. The highest BCUT2D eigenvalue weighted by molar-refractivity contribution is 8.00. The Kier molecular flexibility index (Phi) is 8.44. The molecule has 1 amide bonds. The molecule has 214 valence electrons. The SMILES string of the molecule is COc1ccc(-c2nc(SCC(=O)N3CCC(Cc4ccccc4)CC3)c3c(=O)n(C)c(=O)n(C)c3n2)cc1OC. The third kappa shape index (κ3) is 5.85. The highest BCUT2D eigenvalue weighted by Gasteiger charge is 2.25. The number of rotatable bonds is 8. The van der Waals surface area contributed by atoms with Crippen LogP contribution in [0.3, 0.4) is 0 Å². The van der Waals surface area contributed by atoms with E-state index in [4.69, 9.17) is 14.5 Å². The molecule has 0 spiro atoms. The van der Waals surface area contributed by atoms with Crippen molar-refractivity contribution in [2.24, 2.45) is 20.0 Å². The van der Waals surface area contributed by atoms with E-state index in [0.717, 1.165) is 23.8 Å². The number of hydrogen-bond donors (Lipinski definition) is 0. The van der Waals surface area contributed by atoms with Crippen molar-refractivity contribution >= 4 is 28.7 Å². The number of carbonyl (C=O) groups is 1. The number of methoxy groups -OCH3 is 2. The van der Waals surface area contributed by atoms with Crippen LogP contribution in [0.15, 0.2) is 63.1 Å². The summed E-state index contributed by atoms with van der Waals surface area (Å²) in [6.45, 7) is 1.41. The molecule has 3 heterocycles. The van der Waals surface area contributed by atoms with Crippen molar-refractivity contribution in [3.8, 4) is 22.9 Å². The number of nitrogens with zero attached hydrogens (tertiary/aromatic N) is 5. The Morgan fingerprint density at radius 1 is 0.951 bits per heavy atom. The van der Waals surface area contributed by atoms with Gasteiger partial charge in [-0.05, 0) is 48.9 Å². The van der Waals surface area contributed by atoms with Gasteiger partial charge < -0.3 is 14.4 Å². The van der Waals surface area contributed by atoms with Gasteiger partial charge in [-0.15, -0.1) is 0 Å². The fraction of sp³-hybridized carbons (Fsp3) is 0.367. The van der Waals surface area contributed by atoms with Crippen LogP contribution in [0.1, 0.15) is 18.4 Å². The number of carbonyl (C=O) groups excluding carboxylic acids is 1. The molecule has 1 aliphatic rings. The van der Waals surface area contributed by atoms with Crippen LogP contribution in [0.4, 0.5) is 0 Å². The molecule has 11 heteroatoms. The van der Waals surface area contributed by atoms with Gasteiger partial charge in [-0.1, -0.05) is 42.1 Å². The Morgan fingerprint density at radius 2 is 1.66 bits per heavy atom. The molecule has 0 atom stereocenters. The third-order valence-corrected chi connectivity index (χ3v) is 8.54. The molecule has 0 aliphatic carbocycles. The first-order valence-corrected chi connectivity index (χ1v) is 14.4. The Bertz CT molecular complexity index is 1690. The molecule has 2 aromatic heterocycles. The lowest BCUT2D eigenvalue weighted by Crippen LogP contribution is -2.40. The molecule has 5 rings (SSSR count). The molecular weight excluding hydrogens is 542 g/mol. The highest BCUT2D eigenvalue weighted by Crippen LogP contribution is 2.33. The Balaban J connectivity index is 1.40. The average molecular weight is 576 g/mol. The van der Waals surface area contributed by atoms with Gasteiger partial charge in [-0.3, -0.25) is 18.7 Å². The summed E-state index contributed by atoms with van der Waals surface area (Å²) in [4.78, 5) is 50.4. The molecule has 10 nitrogen and oxygen atoms in total. The lowest BCUT2D eigenvalue weighted by molar-refractivity contribution is -0.129. The monoisotopic (exact) mass is 575 g/mol. The zero-order valence-electron chi connectivity index (χ0n) is 23.6. The maximum Gasteiger partial charge on any atom is 0.332 e. The van der Waals surface area contributed by atoms with Gasteiger partial charge in [0, 0.05) is 32.7 Å². The van der Waals surface area contributed by atoms with Crippen LogP contribution < -0.4 is 20.7 Å². The molecule has 0 radical (unpaired) electrons. The molecule has 41 heavy (non-hydrogen) atoms. The average Bonchev–Trinajstić information content (AvgIpc) is 3.01. The number of ether oxygens (including phenoxy) is 2. The third-order valence-electron chi connectivity index (χ3n) is 7.58. The van der Waals surface area contributed by atoms with Crippen molar-refractivity contribution in [2.75, 3.05) is 33.1 Å². The number of aryl methyl sites for hydroxylation is 1. The minimum Gasteiger partial charge on any atom is -0.493 e. The second kappa shape index (κ2) is 12.2. The van der Waals surface area contributed by atoms with E-state index in [0.29, 0.717) is 46.9 Å². The first-order valence-electron chi connectivity index (χ1n) is 13.4. The zero-order valence-corrected chi connectivity index (χ0v) is 24.4. The summed E-state index contributed by atoms with van der Waals surface area (Å²) in [5.74, 6) is 2.01. The second-order valence-electron chi connectivity index (χ2n) is 10.1. The van der Waals surface area contributed by atoms with Crippen LogP contribution in [-0.4, -0.2) is 63.0 Å². The molecule has 2 aromatic carbocycles. The fourth-order valence-electron chi connectivity index (χ4n) is 5.19. The quantitative estimate of drug-likeness (QED) is 0.233. The lowest BCUT2D eigenvalue weighted by Gasteiger charge is -2.32. The van der Waals surface area contributed by atoms with E-state index in [1.807, 2.05) is 11.0 Å². The van der Waals surface area contributed by atoms with Crippen LogP contribution in [0, 0.1) is 5.92 Å². The molecule has 0 unspecified atom stereocenters. The van der Waals surface area contributed by atoms with Crippen molar-refractivity contribution in [3.63, 3.8) is 0 Å². The van der Waals surface area contributed by atoms with Crippen LogP contribution in [0.25, 0.3) is 22.4 Å². The van der Waals surface area contributed by atoms with Gasteiger partial charge in [-0.2, -0.15) is 0 Å². The van der Waals surface area contributed by atoms with Gasteiger partial charge >= 0.3 is 5.69 Å². The summed E-state index contributed by atoms with van der Waals surface area (Å²) in [5, 5.41) is 0.557. The lowest BCUT2D eigenvalue weighted by atomic mass is 9.90. The predicted octanol–water partition coefficient (Wildman–Crippen LogP) is 3.28. The molecule has 0 N–H and O–H groups in total. The van der Waals surface area contributed by atoms with Gasteiger partial charge in [0.05, 0.1) is 20.0 Å². The Hall–Kier alpha value is -4.12. The van der Waals surface area contributed by atoms with E-state index in [-0.39, 0.29) is 22.7 Å². The molecule has 1 saturated heterocycles. The Labute approximate surface area is 241 Å². The summed E-state index contributed by atoms with van der Waals surface area (Å²) in [6, 6.07) is 15.7. The van der Waals surface area contributed by atoms with E-state index in [2.05, 4.69) is 29.2 Å². The summed E-state index contributed by atoms with van der Waals surface area (Å²) < 4.78 is 13.1. The smallest absolute Gasteiger partial charge is 0.332 e. The number of amides is 1. The van der Waals surface area contributed by atoms with Crippen LogP contribution >= 0.6 is 11.8 Å². The summed E-state index contributed by atoms with van der Waals surface area (Å²) in [5.41, 5.74) is 1.15. The molecule has 4 aromatic rings. The number of likely N-dealkylation sites (tertiary alicyclic amines) is 1. The summed E-state index contributed by atoms with van der Waals surface area (Å²) >= 11 is 1.19. The van der Waals surface area contributed by atoms with E-state index >= 15 is 0 Å². The summed E-state index contributed by atoms with van der Waals surface area (Å²) in [7, 11) is 6.07. The predicted molar refractivity (Wildman–Crippen MR) is 159 cm³/mol. The van der Waals surface area contributed by atoms with E-state index in [1.54, 1.807) is 32.4 Å². The van der Waals surface area contributed by atoms with Crippen molar-refractivity contribution in [1.29, 1.82) is 0 Å². The minimum absolute atomic E-state index is 0.00534. The van der Waals surface area contributed by atoms with Crippen molar-refractivity contribution < 1.29 is 14.3 Å². The standard InChI is InChI=1S/C30H33N5O5S/c1-33-27-25(29(37)34(2)30(33)38)28(32-26(31-27)21-10-11-22(39-3)23(17-21)40-4)41-18-24(36)35-14-12-20(13-15-35)16-19-8-6-5-7-9-19/h5-11,17,20H,12-16,18H2,1-4H3. The molecule has 0 saturated carbocycles. The first-order chi connectivity index (χ1) is 19.8. The van der Waals surface area contributed by atoms with Crippen molar-refractivity contribution in [3.05, 3.63) is 74.9 Å². The summed E-state index contributed by atoms with van der Waals surface area (Å²) in [6.07, 6.45) is 2.92.